The number of ether oxygens (including phenoxy) is 1. The summed E-state index contributed by atoms with van der Waals surface area (Å²) in [4.78, 5) is 14.1. The van der Waals surface area contributed by atoms with E-state index in [1.165, 1.54) is 19.4 Å². The van der Waals surface area contributed by atoms with Crippen LogP contribution in [0.2, 0.25) is 0 Å². The van der Waals surface area contributed by atoms with Gasteiger partial charge in [0.15, 0.2) is 0 Å². The first-order valence-corrected chi connectivity index (χ1v) is 7.18. The number of hydrogen-bond donors (Lipinski definition) is 1. The molecule has 1 aliphatic carbocycles. The molecule has 0 heterocycles. The van der Waals surface area contributed by atoms with Crippen molar-refractivity contribution in [3.8, 4) is 0 Å². The third-order valence-corrected chi connectivity index (χ3v) is 3.57. The fourth-order valence-corrected chi connectivity index (χ4v) is 2.11. The molecule has 1 unspecified atom stereocenters. The van der Waals surface area contributed by atoms with E-state index in [1.807, 2.05) is 6.92 Å². The van der Waals surface area contributed by atoms with Gasteiger partial charge in [0, 0.05) is 6.54 Å². The number of esters is 1. The summed E-state index contributed by atoms with van der Waals surface area (Å²) in [7, 11) is 0. The first-order chi connectivity index (χ1) is 8.49. The van der Waals surface area contributed by atoms with Gasteiger partial charge < -0.3 is 15.4 Å². The quantitative estimate of drug-likeness (QED) is 0.639. The lowest BCUT2D eigenvalue weighted by molar-refractivity contribution is -0.149. The Balaban J connectivity index is 2.23. The van der Waals surface area contributed by atoms with Crippen LogP contribution in [-0.2, 0) is 9.53 Å². The molecule has 0 bridgehead atoms. The molecule has 1 saturated carbocycles. The number of carbonyl (C=O) groups is 1. The predicted octanol–water partition coefficient (Wildman–Crippen LogP) is 1.78. The minimum absolute atomic E-state index is 0.282. The standard InChI is InChI=1S/C14H28N2O2/c1-4-16(11-12-7-8-12)10-6-9-14(3,15)13(17)18-5-2/h12H,4-11,15H2,1-3H3. The van der Waals surface area contributed by atoms with Crippen molar-refractivity contribution in [2.75, 3.05) is 26.2 Å². The Bertz CT molecular complexity index is 263. The van der Waals surface area contributed by atoms with Crippen LogP contribution in [0.25, 0.3) is 0 Å². The second-order valence-corrected chi connectivity index (χ2v) is 5.58. The zero-order valence-electron chi connectivity index (χ0n) is 12.1. The van der Waals surface area contributed by atoms with E-state index in [9.17, 15) is 4.79 Å². The van der Waals surface area contributed by atoms with Crippen LogP contribution in [0.3, 0.4) is 0 Å². The summed E-state index contributed by atoms with van der Waals surface area (Å²) < 4.78 is 4.99. The molecule has 18 heavy (non-hydrogen) atoms. The molecular weight excluding hydrogens is 228 g/mol. The highest BCUT2D eigenvalue weighted by atomic mass is 16.5. The average molecular weight is 256 g/mol. The summed E-state index contributed by atoms with van der Waals surface area (Å²) in [6.45, 7) is 9.47. The minimum Gasteiger partial charge on any atom is -0.465 e. The Morgan fingerprint density at radius 3 is 2.61 bits per heavy atom. The summed E-state index contributed by atoms with van der Waals surface area (Å²) in [5.41, 5.74) is 5.16. The molecular formula is C14H28N2O2. The molecule has 0 aromatic rings. The Labute approximate surface area is 111 Å². The topological polar surface area (TPSA) is 55.6 Å². The van der Waals surface area contributed by atoms with Crippen LogP contribution < -0.4 is 5.73 Å². The van der Waals surface area contributed by atoms with Crippen molar-refractivity contribution in [1.29, 1.82) is 0 Å². The van der Waals surface area contributed by atoms with Crippen molar-refractivity contribution >= 4 is 5.97 Å². The first kappa shape index (κ1) is 15.4. The van der Waals surface area contributed by atoms with E-state index in [2.05, 4.69) is 11.8 Å². The molecule has 0 spiro atoms. The molecule has 0 aromatic carbocycles. The van der Waals surface area contributed by atoms with Crippen molar-refractivity contribution in [2.24, 2.45) is 11.7 Å². The molecule has 1 aliphatic rings. The van der Waals surface area contributed by atoms with Gasteiger partial charge in [0.2, 0.25) is 0 Å². The summed E-state index contributed by atoms with van der Waals surface area (Å²) in [6, 6.07) is 0. The molecule has 1 fully saturated rings. The molecule has 4 nitrogen and oxygen atoms in total. The molecule has 1 atom stereocenters. The highest BCUT2D eigenvalue weighted by molar-refractivity contribution is 5.79. The lowest BCUT2D eigenvalue weighted by Crippen LogP contribution is -2.46. The smallest absolute Gasteiger partial charge is 0.325 e. The van der Waals surface area contributed by atoms with Crippen LogP contribution in [-0.4, -0.2) is 42.6 Å². The van der Waals surface area contributed by atoms with Crippen LogP contribution >= 0.6 is 0 Å². The van der Waals surface area contributed by atoms with Crippen molar-refractivity contribution in [1.82, 2.24) is 4.90 Å². The van der Waals surface area contributed by atoms with Gasteiger partial charge in [-0.05, 0) is 58.5 Å². The van der Waals surface area contributed by atoms with E-state index >= 15 is 0 Å². The van der Waals surface area contributed by atoms with Gasteiger partial charge in [-0.2, -0.15) is 0 Å². The molecule has 1 rings (SSSR count). The van der Waals surface area contributed by atoms with E-state index in [0.29, 0.717) is 13.0 Å². The van der Waals surface area contributed by atoms with Gasteiger partial charge in [-0.15, -0.1) is 0 Å². The van der Waals surface area contributed by atoms with Gasteiger partial charge in [-0.25, -0.2) is 0 Å². The lowest BCUT2D eigenvalue weighted by atomic mass is 9.97. The Kier molecular flexibility index (Phi) is 6.09. The van der Waals surface area contributed by atoms with Crippen LogP contribution in [0.1, 0.15) is 46.5 Å². The highest BCUT2D eigenvalue weighted by Crippen LogP contribution is 2.29. The molecule has 0 saturated heterocycles. The summed E-state index contributed by atoms with van der Waals surface area (Å²) in [5, 5.41) is 0. The van der Waals surface area contributed by atoms with Crippen molar-refractivity contribution in [3.63, 3.8) is 0 Å². The summed E-state index contributed by atoms with van der Waals surface area (Å²) >= 11 is 0. The van der Waals surface area contributed by atoms with Gasteiger partial charge in [0.05, 0.1) is 6.61 Å². The van der Waals surface area contributed by atoms with Gasteiger partial charge in [-0.1, -0.05) is 6.92 Å². The second kappa shape index (κ2) is 7.10. The van der Waals surface area contributed by atoms with Gasteiger partial charge in [-0.3, -0.25) is 4.79 Å². The zero-order chi connectivity index (χ0) is 13.6. The van der Waals surface area contributed by atoms with Gasteiger partial charge in [0.25, 0.3) is 0 Å². The van der Waals surface area contributed by atoms with Crippen LogP contribution in [0, 0.1) is 5.92 Å². The number of hydrogen-bond acceptors (Lipinski definition) is 4. The zero-order valence-corrected chi connectivity index (χ0v) is 12.1. The van der Waals surface area contributed by atoms with Gasteiger partial charge in [0.1, 0.15) is 5.54 Å². The molecule has 4 heteroatoms. The fourth-order valence-electron chi connectivity index (χ4n) is 2.11. The Morgan fingerprint density at radius 2 is 2.11 bits per heavy atom. The van der Waals surface area contributed by atoms with Crippen LogP contribution in [0.5, 0.6) is 0 Å². The normalized spacial score (nSPS) is 18.7. The van der Waals surface area contributed by atoms with E-state index in [0.717, 1.165) is 25.4 Å². The number of carbonyl (C=O) groups excluding carboxylic acids is 1. The molecule has 0 amide bonds. The average Bonchev–Trinajstić information content (AvgIpc) is 3.11. The highest BCUT2D eigenvalue weighted by Gasteiger charge is 2.30. The number of nitrogens with zero attached hydrogens (tertiary/aromatic N) is 1. The predicted molar refractivity (Wildman–Crippen MR) is 73.3 cm³/mol. The van der Waals surface area contributed by atoms with E-state index in [1.54, 1.807) is 6.92 Å². The second-order valence-electron chi connectivity index (χ2n) is 5.58. The molecule has 0 radical (unpaired) electrons. The van der Waals surface area contributed by atoms with Crippen molar-refractivity contribution < 1.29 is 9.53 Å². The minimum atomic E-state index is -0.838. The lowest BCUT2D eigenvalue weighted by Gasteiger charge is -2.25. The fraction of sp³-hybridized carbons (Fsp3) is 0.929. The third kappa shape index (κ3) is 5.36. The summed E-state index contributed by atoms with van der Waals surface area (Å²) in [6.07, 6.45) is 4.40. The van der Waals surface area contributed by atoms with Gasteiger partial charge >= 0.3 is 5.97 Å². The maximum Gasteiger partial charge on any atom is 0.325 e. The third-order valence-electron chi connectivity index (χ3n) is 3.57. The van der Waals surface area contributed by atoms with E-state index in [4.69, 9.17) is 10.5 Å². The molecule has 106 valence electrons. The molecule has 0 aromatic heterocycles. The molecule has 0 aliphatic heterocycles. The SMILES string of the molecule is CCOC(=O)C(C)(N)CCCN(CC)CC1CC1. The van der Waals surface area contributed by atoms with Crippen molar-refractivity contribution in [3.05, 3.63) is 0 Å². The van der Waals surface area contributed by atoms with E-state index < -0.39 is 5.54 Å². The van der Waals surface area contributed by atoms with E-state index in [-0.39, 0.29) is 5.97 Å². The molecule has 2 N–H and O–H groups in total. The Morgan fingerprint density at radius 1 is 1.44 bits per heavy atom. The summed E-state index contributed by atoms with van der Waals surface area (Å²) in [5.74, 6) is 0.634. The maximum atomic E-state index is 11.6. The largest absolute Gasteiger partial charge is 0.465 e. The maximum absolute atomic E-state index is 11.6. The van der Waals surface area contributed by atoms with Crippen LogP contribution in [0.4, 0.5) is 0 Å². The van der Waals surface area contributed by atoms with Crippen LogP contribution in [0.15, 0.2) is 0 Å². The monoisotopic (exact) mass is 256 g/mol. The number of nitrogens with two attached hydrogens (primary N) is 1. The Hall–Kier alpha value is -0.610. The first-order valence-electron chi connectivity index (χ1n) is 7.18. The number of rotatable bonds is 9. The van der Waals surface area contributed by atoms with Crippen molar-refractivity contribution in [2.45, 2.75) is 52.0 Å².